The molecule has 0 bridgehead atoms. The Kier molecular flexibility index (Phi) is 6.69. The van der Waals surface area contributed by atoms with Gasteiger partial charge in [-0.2, -0.15) is 0 Å². The number of ether oxygens (including phenoxy) is 2. The Labute approximate surface area is 189 Å². The number of allylic oxidation sites excluding steroid dienone is 2. The van der Waals surface area contributed by atoms with E-state index in [2.05, 4.69) is 5.32 Å². The lowest BCUT2D eigenvalue weighted by Crippen LogP contribution is -2.29. The normalized spacial score (nSPS) is 16.5. The Balaban J connectivity index is 1.26. The van der Waals surface area contributed by atoms with Gasteiger partial charge < -0.3 is 14.8 Å². The van der Waals surface area contributed by atoms with Crippen molar-refractivity contribution in [2.75, 3.05) is 18.7 Å². The lowest BCUT2D eigenvalue weighted by atomic mass is 10.2. The lowest BCUT2D eigenvalue weighted by molar-refractivity contribution is -0.122. The monoisotopic (exact) mass is 452 g/mol. The van der Waals surface area contributed by atoms with Crippen LogP contribution in [0, 0.1) is 0 Å². The Morgan fingerprint density at radius 2 is 1.97 bits per heavy atom. The maximum Gasteiger partial charge on any atom is 0.266 e. The van der Waals surface area contributed by atoms with Crippen LogP contribution < -0.4 is 14.8 Å². The van der Waals surface area contributed by atoms with Gasteiger partial charge in [-0.15, -0.1) is 0 Å². The molecule has 1 N–H and O–H groups in total. The van der Waals surface area contributed by atoms with E-state index in [0.29, 0.717) is 39.4 Å². The molecular formula is C23H20N2O4S2. The number of thioether (sulfide) groups is 1. The van der Waals surface area contributed by atoms with Crippen LogP contribution in [0.1, 0.15) is 18.4 Å². The predicted molar refractivity (Wildman–Crippen MR) is 126 cm³/mol. The molecule has 4 rings (SSSR count). The van der Waals surface area contributed by atoms with Gasteiger partial charge >= 0.3 is 0 Å². The van der Waals surface area contributed by atoms with Crippen LogP contribution in [0.15, 0.2) is 65.6 Å². The molecular weight excluding hydrogens is 432 g/mol. The number of amides is 2. The minimum Gasteiger partial charge on any atom is -0.454 e. The molecule has 158 valence electrons. The van der Waals surface area contributed by atoms with Crippen molar-refractivity contribution >= 4 is 51.9 Å². The second kappa shape index (κ2) is 9.80. The van der Waals surface area contributed by atoms with E-state index in [1.165, 1.54) is 11.8 Å². The Morgan fingerprint density at radius 1 is 1.16 bits per heavy atom. The molecule has 0 radical (unpaired) electrons. The van der Waals surface area contributed by atoms with Crippen molar-refractivity contribution in [2.24, 2.45) is 0 Å². The zero-order chi connectivity index (χ0) is 21.6. The molecule has 0 atom stereocenters. The largest absolute Gasteiger partial charge is 0.454 e. The van der Waals surface area contributed by atoms with Gasteiger partial charge in [-0.3, -0.25) is 14.5 Å². The van der Waals surface area contributed by atoms with Crippen LogP contribution in [0.25, 0.3) is 6.08 Å². The number of rotatable bonds is 7. The third-order valence-electron chi connectivity index (χ3n) is 4.65. The summed E-state index contributed by atoms with van der Waals surface area (Å²) in [6, 6.07) is 15.1. The van der Waals surface area contributed by atoms with Crippen molar-refractivity contribution < 1.29 is 19.1 Å². The molecule has 0 saturated carbocycles. The standard InChI is InChI=1S/C23H20N2O4S2/c26-21(24-17-11-12-18-19(14-17)29-15-28-18)10-5-13-25-22(27)20(31-23(25)30)9-4-8-16-6-2-1-3-7-16/h1-4,6-9,11-12,14H,5,10,13,15H2,(H,24,26). The first-order valence-electron chi connectivity index (χ1n) is 9.77. The number of nitrogens with one attached hydrogen (secondary N) is 1. The molecule has 6 nitrogen and oxygen atoms in total. The molecule has 2 aromatic rings. The van der Waals surface area contributed by atoms with Crippen molar-refractivity contribution in [1.82, 2.24) is 4.90 Å². The third kappa shape index (κ3) is 5.34. The van der Waals surface area contributed by atoms with Gasteiger partial charge in [0.2, 0.25) is 12.7 Å². The van der Waals surface area contributed by atoms with Crippen molar-refractivity contribution in [3.63, 3.8) is 0 Å². The van der Waals surface area contributed by atoms with E-state index >= 15 is 0 Å². The number of carbonyl (C=O) groups excluding carboxylic acids is 2. The van der Waals surface area contributed by atoms with Gasteiger partial charge in [0.05, 0.1) is 4.91 Å². The topological polar surface area (TPSA) is 67.9 Å². The first-order valence-corrected chi connectivity index (χ1v) is 11.0. The van der Waals surface area contributed by atoms with E-state index < -0.39 is 0 Å². The van der Waals surface area contributed by atoms with E-state index in [1.54, 1.807) is 29.2 Å². The molecule has 31 heavy (non-hydrogen) atoms. The number of carbonyl (C=O) groups is 2. The average Bonchev–Trinajstić information content (AvgIpc) is 3.34. The van der Waals surface area contributed by atoms with Gasteiger partial charge in [-0.1, -0.05) is 66.5 Å². The highest BCUT2D eigenvalue weighted by Crippen LogP contribution is 2.34. The molecule has 2 heterocycles. The highest BCUT2D eigenvalue weighted by Gasteiger charge is 2.31. The number of nitrogens with zero attached hydrogens (tertiary/aromatic N) is 1. The fraction of sp³-hybridized carbons (Fsp3) is 0.174. The number of benzene rings is 2. The van der Waals surface area contributed by atoms with Crippen LogP contribution in [0.3, 0.4) is 0 Å². The number of hydrogen-bond acceptors (Lipinski definition) is 6. The summed E-state index contributed by atoms with van der Waals surface area (Å²) in [6.07, 6.45) is 6.35. The van der Waals surface area contributed by atoms with Crippen molar-refractivity contribution in [2.45, 2.75) is 12.8 Å². The molecule has 2 aliphatic heterocycles. The molecule has 0 unspecified atom stereocenters. The van der Waals surface area contributed by atoms with Crippen LogP contribution in [0.2, 0.25) is 0 Å². The molecule has 2 aromatic carbocycles. The fourth-order valence-corrected chi connectivity index (χ4v) is 4.37. The van der Waals surface area contributed by atoms with Crippen LogP contribution >= 0.6 is 24.0 Å². The molecule has 1 fully saturated rings. The van der Waals surface area contributed by atoms with E-state index in [4.69, 9.17) is 21.7 Å². The summed E-state index contributed by atoms with van der Waals surface area (Å²) in [5.74, 6) is 1.03. The quantitative estimate of drug-likeness (QED) is 0.490. The Bertz CT molecular complexity index is 1070. The number of hydrogen-bond donors (Lipinski definition) is 1. The molecule has 0 aliphatic carbocycles. The first kappa shape index (κ1) is 21.1. The van der Waals surface area contributed by atoms with Crippen LogP contribution in [0.4, 0.5) is 5.69 Å². The second-order valence-electron chi connectivity index (χ2n) is 6.85. The van der Waals surface area contributed by atoms with Crippen LogP contribution in [0.5, 0.6) is 11.5 Å². The fourth-order valence-electron chi connectivity index (χ4n) is 3.11. The summed E-state index contributed by atoms with van der Waals surface area (Å²) >= 11 is 6.63. The SMILES string of the molecule is O=C(CCCN1C(=O)C(=CC=Cc2ccccc2)SC1=S)Nc1ccc2c(c1)OCO2. The molecule has 8 heteroatoms. The third-order valence-corrected chi connectivity index (χ3v) is 6.05. The van der Waals surface area contributed by atoms with E-state index in [9.17, 15) is 9.59 Å². The lowest BCUT2D eigenvalue weighted by Gasteiger charge is -2.14. The van der Waals surface area contributed by atoms with E-state index in [1.807, 2.05) is 42.5 Å². The average molecular weight is 453 g/mol. The van der Waals surface area contributed by atoms with Crippen LogP contribution in [-0.4, -0.2) is 34.4 Å². The van der Waals surface area contributed by atoms with Gasteiger partial charge in [0.15, 0.2) is 11.5 Å². The minimum absolute atomic E-state index is 0.121. The number of anilines is 1. The zero-order valence-corrected chi connectivity index (χ0v) is 18.2. The summed E-state index contributed by atoms with van der Waals surface area (Å²) in [6.45, 7) is 0.589. The zero-order valence-electron chi connectivity index (χ0n) is 16.6. The van der Waals surface area contributed by atoms with Crippen molar-refractivity contribution in [3.8, 4) is 11.5 Å². The Hall–Kier alpha value is -3.10. The highest BCUT2D eigenvalue weighted by molar-refractivity contribution is 8.26. The van der Waals surface area contributed by atoms with Gasteiger partial charge in [0, 0.05) is 24.7 Å². The first-order chi connectivity index (χ1) is 15.1. The second-order valence-corrected chi connectivity index (χ2v) is 8.52. The summed E-state index contributed by atoms with van der Waals surface area (Å²) in [5.41, 5.74) is 1.70. The summed E-state index contributed by atoms with van der Waals surface area (Å²) in [5, 5.41) is 2.84. The summed E-state index contributed by atoms with van der Waals surface area (Å²) < 4.78 is 11.1. The van der Waals surface area contributed by atoms with Gasteiger partial charge in [-0.05, 0) is 30.2 Å². The van der Waals surface area contributed by atoms with Gasteiger partial charge in [-0.25, -0.2) is 0 Å². The van der Waals surface area contributed by atoms with Crippen molar-refractivity contribution in [3.05, 3.63) is 71.2 Å². The summed E-state index contributed by atoms with van der Waals surface area (Å²) in [7, 11) is 0. The predicted octanol–water partition coefficient (Wildman–Crippen LogP) is 4.59. The number of thiocarbonyl (C=S) groups is 1. The van der Waals surface area contributed by atoms with E-state index in [0.717, 1.165) is 5.56 Å². The molecule has 2 amide bonds. The summed E-state index contributed by atoms with van der Waals surface area (Å²) in [4.78, 5) is 27.0. The molecule has 1 saturated heterocycles. The smallest absolute Gasteiger partial charge is 0.266 e. The molecule has 0 spiro atoms. The maximum absolute atomic E-state index is 12.6. The molecule has 0 aromatic heterocycles. The van der Waals surface area contributed by atoms with Gasteiger partial charge in [0.25, 0.3) is 5.91 Å². The van der Waals surface area contributed by atoms with Crippen LogP contribution in [-0.2, 0) is 9.59 Å². The van der Waals surface area contributed by atoms with Crippen molar-refractivity contribution in [1.29, 1.82) is 0 Å². The molecule has 2 aliphatic rings. The van der Waals surface area contributed by atoms with Gasteiger partial charge in [0.1, 0.15) is 4.32 Å². The van der Waals surface area contributed by atoms with E-state index in [-0.39, 0.29) is 25.0 Å². The number of fused-ring (bicyclic) bond motifs is 1. The Morgan fingerprint density at radius 3 is 2.81 bits per heavy atom. The minimum atomic E-state index is -0.134. The highest BCUT2D eigenvalue weighted by atomic mass is 32.2. The maximum atomic E-state index is 12.6.